The normalized spacial score (nSPS) is 41.0. The Balaban J connectivity index is 2.32. The maximum absolute atomic E-state index is 11.1. The molecule has 4 nitrogen and oxygen atoms in total. The molecule has 4 unspecified atom stereocenters. The average molecular weight is 355 g/mol. The van der Waals surface area contributed by atoms with Gasteiger partial charge in [-0.15, -0.1) is 0 Å². The van der Waals surface area contributed by atoms with E-state index in [2.05, 4.69) is 27.7 Å². The second-order valence-corrected chi connectivity index (χ2v) is 9.21. The molecule has 25 heavy (non-hydrogen) atoms. The Bertz CT molecular complexity index is 451. The maximum Gasteiger partial charge on any atom is 0.303 e. The minimum absolute atomic E-state index is 0.100. The molecule has 0 aromatic heterocycles. The monoisotopic (exact) mass is 354 g/mol. The van der Waals surface area contributed by atoms with E-state index < -0.39 is 5.97 Å². The van der Waals surface area contributed by atoms with Gasteiger partial charge in [0.2, 0.25) is 0 Å². The van der Waals surface area contributed by atoms with Crippen LogP contribution in [0.25, 0.3) is 0 Å². The van der Waals surface area contributed by atoms with Crippen LogP contribution in [-0.2, 0) is 4.79 Å². The van der Waals surface area contributed by atoms with Crippen LogP contribution in [0.5, 0.6) is 0 Å². The molecule has 0 aromatic rings. The standard InChI is InChI=1S/C21H38O4/c1-5-6-13(2)19-17(23)12-15-11-16(22)9-10-21(15,4)20(19)14(3)7-8-18(24)25/h13-17,19-20,22-23H,5-12H2,1-4H3,(H,24,25)/t13?,14-,15?,16-,17+,19?,20?,21+/m1/s1. The molecule has 2 aliphatic rings. The van der Waals surface area contributed by atoms with Gasteiger partial charge in [0, 0.05) is 6.42 Å². The van der Waals surface area contributed by atoms with Crippen LogP contribution in [-0.4, -0.2) is 33.5 Å². The number of hydrogen-bond donors (Lipinski definition) is 3. The van der Waals surface area contributed by atoms with E-state index in [9.17, 15) is 15.0 Å². The third kappa shape index (κ3) is 4.39. The van der Waals surface area contributed by atoms with E-state index in [0.29, 0.717) is 24.2 Å². The van der Waals surface area contributed by atoms with Crippen molar-refractivity contribution in [1.82, 2.24) is 0 Å². The second-order valence-electron chi connectivity index (χ2n) is 9.21. The van der Waals surface area contributed by atoms with E-state index in [4.69, 9.17) is 5.11 Å². The van der Waals surface area contributed by atoms with Crippen molar-refractivity contribution in [1.29, 1.82) is 0 Å². The molecule has 4 heteroatoms. The summed E-state index contributed by atoms with van der Waals surface area (Å²) in [4.78, 5) is 11.1. The lowest BCUT2D eigenvalue weighted by molar-refractivity contribution is -0.153. The molecular formula is C21H38O4. The Hall–Kier alpha value is -0.610. The number of fused-ring (bicyclic) bond motifs is 1. The van der Waals surface area contributed by atoms with Gasteiger partial charge < -0.3 is 15.3 Å². The van der Waals surface area contributed by atoms with E-state index in [-0.39, 0.29) is 35.9 Å². The van der Waals surface area contributed by atoms with Crippen molar-refractivity contribution in [3.63, 3.8) is 0 Å². The van der Waals surface area contributed by atoms with Gasteiger partial charge in [-0.3, -0.25) is 4.79 Å². The first-order chi connectivity index (χ1) is 11.7. The highest BCUT2D eigenvalue weighted by Gasteiger charge is 2.55. The molecule has 0 radical (unpaired) electrons. The summed E-state index contributed by atoms with van der Waals surface area (Å²) in [6.45, 7) is 8.99. The molecule has 2 fully saturated rings. The van der Waals surface area contributed by atoms with Crippen LogP contribution in [0.3, 0.4) is 0 Å². The number of aliphatic hydroxyl groups excluding tert-OH is 2. The molecule has 8 atom stereocenters. The quantitative estimate of drug-likeness (QED) is 0.643. The molecule has 2 aliphatic carbocycles. The highest BCUT2D eigenvalue weighted by atomic mass is 16.4. The fourth-order valence-corrected chi connectivity index (χ4v) is 6.27. The maximum atomic E-state index is 11.1. The van der Waals surface area contributed by atoms with Gasteiger partial charge in [-0.25, -0.2) is 0 Å². The Kier molecular flexibility index (Phi) is 6.94. The Morgan fingerprint density at radius 3 is 2.44 bits per heavy atom. The van der Waals surface area contributed by atoms with Crippen molar-refractivity contribution < 1.29 is 20.1 Å². The molecule has 146 valence electrons. The zero-order chi connectivity index (χ0) is 18.8. The van der Waals surface area contributed by atoms with Gasteiger partial charge in [0.15, 0.2) is 0 Å². The number of aliphatic carboxylic acids is 1. The molecular weight excluding hydrogens is 316 g/mol. The van der Waals surface area contributed by atoms with E-state index in [1.807, 2.05) is 0 Å². The van der Waals surface area contributed by atoms with Gasteiger partial charge in [0.05, 0.1) is 12.2 Å². The summed E-state index contributed by atoms with van der Waals surface area (Å²) < 4.78 is 0. The molecule has 2 saturated carbocycles. The summed E-state index contributed by atoms with van der Waals surface area (Å²) in [5.74, 6) is 0.894. The van der Waals surface area contributed by atoms with Gasteiger partial charge in [0.25, 0.3) is 0 Å². The van der Waals surface area contributed by atoms with Gasteiger partial charge in [-0.1, -0.05) is 40.5 Å². The van der Waals surface area contributed by atoms with Gasteiger partial charge >= 0.3 is 5.97 Å². The van der Waals surface area contributed by atoms with Gasteiger partial charge in [-0.05, 0) is 67.1 Å². The first kappa shape index (κ1) is 20.7. The van der Waals surface area contributed by atoms with Crippen LogP contribution in [0, 0.1) is 35.0 Å². The van der Waals surface area contributed by atoms with Crippen LogP contribution >= 0.6 is 0 Å². The van der Waals surface area contributed by atoms with E-state index in [0.717, 1.165) is 38.5 Å². The Morgan fingerprint density at radius 2 is 1.84 bits per heavy atom. The fraction of sp³-hybridized carbons (Fsp3) is 0.952. The summed E-state index contributed by atoms with van der Waals surface area (Å²) >= 11 is 0. The third-order valence-corrected chi connectivity index (χ3v) is 7.48. The predicted octanol–water partition coefficient (Wildman–Crippen LogP) is 4.09. The minimum Gasteiger partial charge on any atom is -0.481 e. The molecule has 0 aromatic carbocycles. The Morgan fingerprint density at radius 1 is 1.16 bits per heavy atom. The molecule has 0 saturated heterocycles. The van der Waals surface area contributed by atoms with Crippen LogP contribution in [0.1, 0.15) is 79.1 Å². The van der Waals surface area contributed by atoms with Crippen molar-refractivity contribution in [3.8, 4) is 0 Å². The smallest absolute Gasteiger partial charge is 0.303 e. The van der Waals surface area contributed by atoms with Crippen LogP contribution in [0.2, 0.25) is 0 Å². The highest BCUT2D eigenvalue weighted by molar-refractivity contribution is 5.66. The number of aliphatic hydroxyl groups is 2. The topological polar surface area (TPSA) is 77.8 Å². The van der Waals surface area contributed by atoms with Crippen LogP contribution in [0.15, 0.2) is 0 Å². The van der Waals surface area contributed by atoms with E-state index in [1.54, 1.807) is 0 Å². The Labute approximate surface area is 153 Å². The summed E-state index contributed by atoms with van der Waals surface area (Å²) in [6.07, 6.45) is 5.90. The molecule has 3 N–H and O–H groups in total. The van der Waals surface area contributed by atoms with E-state index in [1.165, 1.54) is 0 Å². The summed E-state index contributed by atoms with van der Waals surface area (Å²) in [7, 11) is 0. The first-order valence-corrected chi connectivity index (χ1v) is 10.3. The predicted molar refractivity (Wildman–Crippen MR) is 99.2 cm³/mol. The van der Waals surface area contributed by atoms with Gasteiger partial charge in [0.1, 0.15) is 0 Å². The highest BCUT2D eigenvalue weighted by Crippen LogP contribution is 2.59. The molecule has 0 spiro atoms. The largest absolute Gasteiger partial charge is 0.481 e. The minimum atomic E-state index is -0.734. The zero-order valence-corrected chi connectivity index (χ0v) is 16.4. The average Bonchev–Trinajstić information content (AvgIpc) is 2.53. The number of carbonyl (C=O) groups is 1. The van der Waals surface area contributed by atoms with Crippen LogP contribution in [0.4, 0.5) is 0 Å². The molecule has 0 aliphatic heterocycles. The lowest BCUT2D eigenvalue weighted by Crippen LogP contribution is -2.56. The number of hydrogen-bond acceptors (Lipinski definition) is 3. The molecule has 0 heterocycles. The second kappa shape index (κ2) is 8.39. The SMILES string of the molecule is CCCC(C)C1C([C@H](C)CCC(=O)O)[C@@]2(C)CC[C@@H](O)CC2C[C@@H]1O. The lowest BCUT2D eigenvalue weighted by atomic mass is 9.47. The molecule has 2 rings (SSSR count). The molecule has 0 bridgehead atoms. The van der Waals surface area contributed by atoms with Crippen LogP contribution < -0.4 is 0 Å². The van der Waals surface area contributed by atoms with Crippen molar-refractivity contribution in [2.24, 2.45) is 35.0 Å². The van der Waals surface area contributed by atoms with Crippen molar-refractivity contribution in [2.45, 2.75) is 91.3 Å². The molecule has 0 amide bonds. The summed E-state index contributed by atoms with van der Waals surface area (Å²) in [5, 5.41) is 30.3. The lowest BCUT2D eigenvalue weighted by Gasteiger charge is -2.59. The number of carboxylic acid groups (broad SMARTS) is 1. The number of carboxylic acids is 1. The fourth-order valence-electron chi connectivity index (χ4n) is 6.27. The van der Waals surface area contributed by atoms with Gasteiger partial charge in [-0.2, -0.15) is 0 Å². The number of rotatable bonds is 7. The van der Waals surface area contributed by atoms with Crippen molar-refractivity contribution in [3.05, 3.63) is 0 Å². The van der Waals surface area contributed by atoms with E-state index >= 15 is 0 Å². The zero-order valence-electron chi connectivity index (χ0n) is 16.4. The first-order valence-electron chi connectivity index (χ1n) is 10.3. The third-order valence-electron chi connectivity index (χ3n) is 7.48. The van der Waals surface area contributed by atoms with Crippen molar-refractivity contribution >= 4 is 5.97 Å². The van der Waals surface area contributed by atoms with Crippen molar-refractivity contribution in [2.75, 3.05) is 0 Å². The summed E-state index contributed by atoms with van der Waals surface area (Å²) in [6, 6.07) is 0. The summed E-state index contributed by atoms with van der Waals surface area (Å²) in [5.41, 5.74) is 0.100.